The van der Waals surface area contributed by atoms with Crippen molar-refractivity contribution in [1.29, 1.82) is 0 Å². The van der Waals surface area contributed by atoms with Crippen molar-refractivity contribution in [2.45, 2.75) is 24.4 Å². The fraction of sp³-hybridized carbons (Fsp3) is 0.538. The zero-order valence-corrected chi connectivity index (χ0v) is 12.7. The lowest BCUT2D eigenvalue weighted by Gasteiger charge is -2.30. The van der Waals surface area contributed by atoms with Crippen molar-refractivity contribution in [3.63, 3.8) is 0 Å². The van der Waals surface area contributed by atoms with Crippen LogP contribution in [0, 0.1) is 6.92 Å². The fourth-order valence-corrected chi connectivity index (χ4v) is 5.14. The molecule has 0 bridgehead atoms. The van der Waals surface area contributed by atoms with Crippen molar-refractivity contribution in [2.75, 3.05) is 17.3 Å². The molecule has 3 N–H and O–H groups in total. The number of thioether (sulfide) groups is 2. The Morgan fingerprint density at radius 3 is 2.60 bits per heavy atom. The summed E-state index contributed by atoms with van der Waals surface area (Å²) in [6, 6.07) is 3.76. The van der Waals surface area contributed by atoms with Crippen molar-refractivity contribution >= 4 is 23.5 Å². The van der Waals surface area contributed by atoms with Gasteiger partial charge in [-0.25, -0.2) is 0 Å². The Bertz CT molecular complexity index is 459. The average Bonchev–Trinajstić information content (AvgIpc) is 2.41. The Balaban J connectivity index is 2.26. The maximum Gasteiger partial charge on any atom is 0.416 e. The molecule has 1 fully saturated rings. The van der Waals surface area contributed by atoms with Crippen molar-refractivity contribution in [1.82, 2.24) is 5.43 Å². The summed E-state index contributed by atoms with van der Waals surface area (Å²) >= 11 is 3.68. The highest BCUT2D eigenvalue weighted by Gasteiger charge is 2.32. The van der Waals surface area contributed by atoms with Crippen LogP contribution < -0.4 is 11.3 Å². The van der Waals surface area contributed by atoms with Gasteiger partial charge in [0.05, 0.1) is 11.6 Å². The van der Waals surface area contributed by atoms with Gasteiger partial charge in [0.1, 0.15) is 0 Å². The van der Waals surface area contributed by atoms with Gasteiger partial charge in [0.15, 0.2) is 0 Å². The first-order valence-corrected chi connectivity index (χ1v) is 8.47. The maximum atomic E-state index is 12.7. The zero-order chi connectivity index (χ0) is 14.8. The van der Waals surface area contributed by atoms with Gasteiger partial charge in [-0.05, 0) is 30.2 Å². The second-order valence-corrected chi connectivity index (χ2v) is 7.19. The molecule has 2 nitrogen and oxygen atoms in total. The van der Waals surface area contributed by atoms with E-state index in [0.717, 1.165) is 28.9 Å². The van der Waals surface area contributed by atoms with Gasteiger partial charge in [0, 0.05) is 22.5 Å². The smallest absolute Gasteiger partial charge is 0.271 e. The number of rotatable bonds is 3. The normalized spacial score (nSPS) is 21.8. The number of nitrogens with one attached hydrogen (secondary N) is 1. The molecule has 1 heterocycles. The summed E-state index contributed by atoms with van der Waals surface area (Å²) in [5.41, 5.74) is 3.63. The van der Waals surface area contributed by atoms with Crippen LogP contribution in [0.15, 0.2) is 18.2 Å². The highest BCUT2D eigenvalue weighted by molar-refractivity contribution is 8.06. The van der Waals surface area contributed by atoms with Crippen molar-refractivity contribution in [2.24, 2.45) is 5.84 Å². The molecular weight excluding hydrogens is 305 g/mol. The molecule has 2 unspecified atom stereocenters. The number of hydrogen-bond acceptors (Lipinski definition) is 4. The van der Waals surface area contributed by atoms with E-state index in [1.807, 2.05) is 23.5 Å². The molecule has 0 radical (unpaired) electrons. The zero-order valence-electron chi connectivity index (χ0n) is 11.0. The average molecular weight is 322 g/mol. The summed E-state index contributed by atoms with van der Waals surface area (Å²) in [5, 5.41) is 0.286. The van der Waals surface area contributed by atoms with E-state index in [-0.39, 0.29) is 11.3 Å². The number of benzene rings is 1. The fourth-order valence-electron chi connectivity index (χ4n) is 2.30. The van der Waals surface area contributed by atoms with E-state index >= 15 is 0 Å². The number of hydrogen-bond donors (Lipinski definition) is 2. The first-order valence-electron chi connectivity index (χ1n) is 6.26. The van der Waals surface area contributed by atoms with Crippen LogP contribution in [0.4, 0.5) is 13.2 Å². The Kier molecular flexibility index (Phi) is 5.28. The SMILES string of the molecule is Cc1cc(C(F)(F)F)ccc1C(NN)C1CSCCS1. The Morgan fingerprint density at radius 2 is 2.10 bits per heavy atom. The molecule has 0 spiro atoms. The summed E-state index contributed by atoms with van der Waals surface area (Å²) in [6.07, 6.45) is -4.30. The van der Waals surface area contributed by atoms with Crippen LogP contribution >= 0.6 is 23.5 Å². The van der Waals surface area contributed by atoms with Gasteiger partial charge >= 0.3 is 6.18 Å². The Hall–Kier alpha value is -0.370. The minimum absolute atomic E-state index is 0.116. The van der Waals surface area contributed by atoms with Crippen molar-refractivity contribution in [3.05, 3.63) is 34.9 Å². The lowest BCUT2D eigenvalue weighted by atomic mass is 9.97. The minimum Gasteiger partial charge on any atom is -0.271 e. The lowest BCUT2D eigenvalue weighted by molar-refractivity contribution is -0.137. The van der Waals surface area contributed by atoms with Crippen LogP contribution in [0.3, 0.4) is 0 Å². The molecule has 20 heavy (non-hydrogen) atoms. The number of hydrazine groups is 1. The van der Waals surface area contributed by atoms with Crippen LogP contribution in [0.2, 0.25) is 0 Å². The van der Waals surface area contributed by atoms with Crippen LogP contribution in [-0.2, 0) is 6.18 Å². The monoisotopic (exact) mass is 322 g/mol. The van der Waals surface area contributed by atoms with E-state index in [4.69, 9.17) is 5.84 Å². The molecule has 2 atom stereocenters. The summed E-state index contributed by atoms with van der Waals surface area (Å²) in [5.74, 6) is 8.76. The standard InChI is InChI=1S/C13H17F3N2S2/c1-8-6-9(13(14,15)16)2-3-10(8)12(18-17)11-7-19-4-5-20-11/h2-3,6,11-12,18H,4-5,7,17H2,1H3. The molecule has 0 aliphatic carbocycles. The van der Waals surface area contributed by atoms with E-state index in [0.29, 0.717) is 5.56 Å². The quantitative estimate of drug-likeness (QED) is 0.661. The molecule has 1 aromatic rings. The number of halogens is 3. The predicted octanol–water partition coefficient (Wildman–Crippen LogP) is 3.37. The third kappa shape index (κ3) is 3.63. The van der Waals surface area contributed by atoms with Crippen molar-refractivity contribution < 1.29 is 13.2 Å². The lowest BCUT2D eigenvalue weighted by Crippen LogP contribution is -2.38. The van der Waals surface area contributed by atoms with Gasteiger partial charge in [0.2, 0.25) is 0 Å². The molecule has 0 saturated carbocycles. The van der Waals surface area contributed by atoms with Gasteiger partial charge < -0.3 is 0 Å². The van der Waals surface area contributed by atoms with Gasteiger partial charge in [-0.2, -0.15) is 36.7 Å². The van der Waals surface area contributed by atoms with E-state index < -0.39 is 11.7 Å². The second kappa shape index (κ2) is 6.60. The molecule has 0 amide bonds. The highest BCUT2D eigenvalue weighted by atomic mass is 32.2. The molecule has 1 saturated heterocycles. The molecule has 1 aliphatic rings. The third-order valence-electron chi connectivity index (χ3n) is 3.33. The van der Waals surface area contributed by atoms with E-state index in [9.17, 15) is 13.2 Å². The van der Waals surface area contributed by atoms with Crippen LogP contribution in [-0.4, -0.2) is 22.5 Å². The predicted molar refractivity (Wildman–Crippen MR) is 79.8 cm³/mol. The first-order chi connectivity index (χ1) is 9.43. The van der Waals surface area contributed by atoms with Gasteiger partial charge in [-0.1, -0.05) is 6.07 Å². The van der Waals surface area contributed by atoms with Crippen LogP contribution in [0.1, 0.15) is 22.7 Å². The van der Waals surface area contributed by atoms with Crippen molar-refractivity contribution in [3.8, 4) is 0 Å². The highest BCUT2D eigenvalue weighted by Crippen LogP contribution is 2.36. The molecule has 112 valence electrons. The second-order valence-electron chi connectivity index (χ2n) is 4.70. The number of alkyl halides is 3. The third-order valence-corrected chi connectivity index (χ3v) is 6.19. The molecule has 7 heteroatoms. The number of aryl methyl sites for hydroxylation is 1. The minimum atomic E-state index is -4.30. The van der Waals surface area contributed by atoms with E-state index in [2.05, 4.69) is 5.43 Å². The summed E-state index contributed by atoms with van der Waals surface area (Å²) in [6.45, 7) is 1.70. The van der Waals surface area contributed by atoms with Gasteiger partial charge in [-0.15, -0.1) is 0 Å². The summed E-state index contributed by atoms with van der Waals surface area (Å²) in [4.78, 5) is 0. The summed E-state index contributed by atoms with van der Waals surface area (Å²) < 4.78 is 38.1. The molecule has 0 aromatic heterocycles. The largest absolute Gasteiger partial charge is 0.416 e. The molecule has 2 rings (SSSR count). The molecule has 1 aromatic carbocycles. The molecule has 1 aliphatic heterocycles. The summed E-state index contributed by atoms with van der Waals surface area (Å²) in [7, 11) is 0. The topological polar surface area (TPSA) is 38.0 Å². The first kappa shape index (κ1) is 16.0. The molecular formula is C13H17F3N2S2. The Labute approximate surface area is 125 Å². The van der Waals surface area contributed by atoms with E-state index in [1.54, 1.807) is 13.0 Å². The van der Waals surface area contributed by atoms with Crippen LogP contribution in [0.25, 0.3) is 0 Å². The van der Waals surface area contributed by atoms with E-state index in [1.165, 1.54) is 6.07 Å². The van der Waals surface area contributed by atoms with Gasteiger partial charge in [-0.3, -0.25) is 11.3 Å². The maximum absolute atomic E-state index is 12.7. The number of nitrogens with two attached hydrogens (primary N) is 1. The van der Waals surface area contributed by atoms with Gasteiger partial charge in [0.25, 0.3) is 0 Å². The Morgan fingerprint density at radius 1 is 1.35 bits per heavy atom. The van der Waals surface area contributed by atoms with Crippen LogP contribution in [0.5, 0.6) is 0 Å².